The minimum atomic E-state index is 0.0133. The molecule has 1 rings (SSSR count). The van der Waals surface area contributed by atoms with Crippen molar-refractivity contribution in [1.29, 1.82) is 0 Å². The van der Waals surface area contributed by atoms with Crippen molar-refractivity contribution in [1.82, 2.24) is 15.5 Å². The molecule has 1 heterocycles. The summed E-state index contributed by atoms with van der Waals surface area (Å²) < 4.78 is 0. The Bertz CT molecular complexity index is 143. The van der Waals surface area contributed by atoms with E-state index in [1.54, 1.807) is 6.54 Å². The highest BCUT2D eigenvalue weighted by Gasteiger charge is 2.12. The van der Waals surface area contributed by atoms with E-state index < -0.39 is 0 Å². The van der Waals surface area contributed by atoms with Crippen molar-refractivity contribution in [3.63, 3.8) is 0 Å². The molecule has 1 saturated heterocycles. The minimum absolute atomic E-state index is 0.0133. The van der Waals surface area contributed by atoms with Gasteiger partial charge in [0.1, 0.15) is 6.54 Å². The second kappa shape index (κ2) is 5.11. The molecular formula is C8H16N3O. The SMILES string of the molecule is CCNC(=O)[CH]N1CCNCC1. The molecule has 0 bridgehead atoms. The predicted molar refractivity (Wildman–Crippen MR) is 47.4 cm³/mol. The van der Waals surface area contributed by atoms with Crippen LogP contribution < -0.4 is 10.6 Å². The number of hydrogen-bond donors (Lipinski definition) is 2. The molecule has 0 aromatic heterocycles. The highest BCUT2D eigenvalue weighted by Crippen LogP contribution is 1.94. The lowest BCUT2D eigenvalue weighted by molar-refractivity contribution is -0.119. The van der Waals surface area contributed by atoms with Crippen molar-refractivity contribution in [3.8, 4) is 0 Å². The van der Waals surface area contributed by atoms with E-state index in [-0.39, 0.29) is 5.91 Å². The minimum Gasteiger partial charge on any atom is -0.355 e. The van der Waals surface area contributed by atoms with E-state index >= 15 is 0 Å². The van der Waals surface area contributed by atoms with Crippen molar-refractivity contribution < 1.29 is 4.79 Å². The van der Waals surface area contributed by atoms with Crippen LogP contribution in [-0.2, 0) is 4.79 Å². The summed E-state index contributed by atoms with van der Waals surface area (Å²) in [7, 11) is 0. The first-order valence-corrected chi connectivity index (χ1v) is 4.40. The molecule has 0 spiro atoms. The summed E-state index contributed by atoms with van der Waals surface area (Å²) in [6, 6.07) is 0. The van der Waals surface area contributed by atoms with Crippen LogP contribution in [0, 0.1) is 6.54 Å². The van der Waals surface area contributed by atoms with E-state index in [0.717, 1.165) is 26.2 Å². The van der Waals surface area contributed by atoms with E-state index in [1.165, 1.54) is 0 Å². The molecule has 12 heavy (non-hydrogen) atoms. The maximum Gasteiger partial charge on any atom is 0.239 e. The number of likely N-dealkylation sites (N-methyl/N-ethyl adjacent to an activating group) is 1. The van der Waals surface area contributed by atoms with Gasteiger partial charge in [-0.3, -0.25) is 9.69 Å². The highest BCUT2D eigenvalue weighted by atomic mass is 16.2. The lowest BCUT2D eigenvalue weighted by Gasteiger charge is -2.25. The molecule has 0 atom stereocenters. The Balaban J connectivity index is 2.15. The Kier molecular flexibility index (Phi) is 4.04. The molecule has 1 aliphatic heterocycles. The number of nitrogens with one attached hydrogen (secondary N) is 2. The van der Waals surface area contributed by atoms with Crippen LogP contribution in [0.4, 0.5) is 0 Å². The van der Waals surface area contributed by atoms with Gasteiger partial charge < -0.3 is 10.6 Å². The van der Waals surface area contributed by atoms with Gasteiger partial charge in [0.2, 0.25) is 5.91 Å². The molecule has 4 heteroatoms. The quantitative estimate of drug-likeness (QED) is 0.582. The fourth-order valence-corrected chi connectivity index (χ4v) is 1.20. The average molecular weight is 170 g/mol. The zero-order valence-corrected chi connectivity index (χ0v) is 7.47. The normalized spacial score (nSPS) is 19.1. The second-order valence-corrected chi connectivity index (χ2v) is 2.81. The summed E-state index contributed by atoms with van der Waals surface area (Å²) >= 11 is 0. The van der Waals surface area contributed by atoms with Crippen LogP contribution in [0.2, 0.25) is 0 Å². The van der Waals surface area contributed by atoms with Gasteiger partial charge in [-0.25, -0.2) is 0 Å². The van der Waals surface area contributed by atoms with Crippen LogP contribution in [0.5, 0.6) is 0 Å². The smallest absolute Gasteiger partial charge is 0.239 e. The average Bonchev–Trinajstić information content (AvgIpc) is 2.06. The Morgan fingerprint density at radius 1 is 1.58 bits per heavy atom. The number of carbonyl (C=O) groups excluding carboxylic acids is 1. The van der Waals surface area contributed by atoms with E-state index in [2.05, 4.69) is 10.6 Å². The van der Waals surface area contributed by atoms with E-state index in [9.17, 15) is 4.79 Å². The fourth-order valence-electron chi connectivity index (χ4n) is 1.20. The Hall–Kier alpha value is -0.610. The van der Waals surface area contributed by atoms with Gasteiger partial charge in [-0.1, -0.05) is 0 Å². The Morgan fingerprint density at radius 3 is 2.83 bits per heavy atom. The van der Waals surface area contributed by atoms with Crippen LogP contribution in [0.25, 0.3) is 0 Å². The molecule has 0 aromatic rings. The molecular weight excluding hydrogens is 154 g/mol. The molecule has 0 aromatic carbocycles. The van der Waals surface area contributed by atoms with Gasteiger partial charge in [-0.2, -0.15) is 0 Å². The summed E-state index contributed by atoms with van der Waals surface area (Å²) in [5.41, 5.74) is 0. The maximum absolute atomic E-state index is 11.1. The lowest BCUT2D eigenvalue weighted by Crippen LogP contribution is -2.44. The first kappa shape index (κ1) is 9.48. The van der Waals surface area contributed by atoms with Crippen molar-refractivity contribution in [2.45, 2.75) is 6.92 Å². The second-order valence-electron chi connectivity index (χ2n) is 2.81. The van der Waals surface area contributed by atoms with Crippen LogP contribution in [0.1, 0.15) is 6.92 Å². The van der Waals surface area contributed by atoms with Crippen molar-refractivity contribution in [3.05, 3.63) is 6.54 Å². The summed E-state index contributed by atoms with van der Waals surface area (Å²) in [5.74, 6) is 0.0133. The number of amides is 1. The van der Waals surface area contributed by atoms with Gasteiger partial charge in [-0.15, -0.1) is 0 Å². The van der Waals surface area contributed by atoms with Gasteiger partial charge in [-0.05, 0) is 6.92 Å². The molecule has 1 fully saturated rings. The van der Waals surface area contributed by atoms with Gasteiger partial charge in [0.15, 0.2) is 0 Å². The number of rotatable bonds is 3. The van der Waals surface area contributed by atoms with Gasteiger partial charge >= 0.3 is 0 Å². The third-order valence-corrected chi connectivity index (χ3v) is 1.80. The van der Waals surface area contributed by atoms with Crippen LogP contribution >= 0.6 is 0 Å². The number of carbonyl (C=O) groups is 1. The lowest BCUT2D eigenvalue weighted by atomic mass is 10.3. The Morgan fingerprint density at radius 2 is 2.25 bits per heavy atom. The number of nitrogens with zero attached hydrogens (tertiary/aromatic N) is 1. The first-order valence-electron chi connectivity index (χ1n) is 4.40. The molecule has 4 nitrogen and oxygen atoms in total. The summed E-state index contributed by atoms with van der Waals surface area (Å²) in [6.07, 6.45) is 0. The molecule has 1 aliphatic rings. The molecule has 2 N–H and O–H groups in total. The van der Waals surface area contributed by atoms with Crippen molar-refractivity contribution >= 4 is 5.91 Å². The highest BCUT2D eigenvalue weighted by molar-refractivity contribution is 5.84. The van der Waals surface area contributed by atoms with Gasteiger partial charge in [0.05, 0.1) is 0 Å². The topological polar surface area (TPSA) is 44.4 Å². The molecule has 0 unspecified atom stereocenters. The van der Waals surface area contributed by atoms with Crippen molar-refractivity contribution in [2.75, 3.05) is 32.7 Å². The largest absolute Gasteiger partial charge is 0.355 e. The van der Waals surface area contributed by atoms with Crippen LogP contribution in [-0.4, -0.2) is 43.5 Å². The zero-order valence-electron chi connectivity index (χ0n) is 7.47. The molecule has 0 aliphatic carbocycles. The molecule has 69 valence electrons. The maximum atomic E-state index is 11.1. The third-order valence-electron chi connectivity index (χ3n) is 1.80. The molecule has 1 radical (unpaired) electrons. The van der Waals surface area contributed by atoms with Crippen molar-refractivity contribution in [2.24, 2.45) is 0 Å². The van der Waals surface area contributed by atoms with Crippen LogP contribution in [0.15, 0.2) is 0 Å². The van der Waals surface area contributed by atoms with Gasteiger partial charge in [0, 0.05) is 32.7 Å². The van der Waals surface area contributed by atoms with Crippen LogP contribution in [0.3, 0.4) is 0 Å². The molecule has 1 amide bonds. The summed E-state index contributed by atoms with van der Waals surface area (Å²) in [4.78, 5) is 13.1. The van der Waals surface area contributed by atoms with E-state index in [1.807, 2.05) is 11.8 Å². The fraction of sp³-hybridized carbons (Fsp3) is 0.750. The first-order chi connectivity index (χ1) is 5.83. The Labute approximate surface area is 73.3 Å². The summed E-state index contributed by atoms with van der Waals surface area (Å²) in [5, 5.41) is 5.96. The van der Waals surface area contributed by atoms with E-state index in [0.29, 0.717) is 6.54 Å². The number of hydrogen-bond acceptors (Lipinski definition) is 3. The summed E-state index contributed by atoms with van der Waals surface area (Å²) in [6.45, 7) is 8.06. The predicted octanol–water partition coefficient (Wildman–Crippen LogP) is -0.811. The van der Waals surface area contributed by atoms with E-state index in [4.69, 9.17) is 0 Å². The standard InChI is InChI=1S/C8H16N3O/c1-2-10-8(12)7-11-5-3-9-4-6-11/h7,9H,2-6H2,1H3,(H,10,12). The van der Waals surface area contributed by atoms with Gasteiger partial charge in [0.25, 0.3) is 0 Å². The third kappa shape index (κ3) is 3.19. The monoisotopic (exact) mass is 170 g/mol. The molecule has 0 saturated carbocycles. The number of piperazine rings is 1. The zero-order chi connectivity index (χ0) is 8.81.